The number of ether oxygens (including phenoxy) is 2. The van der Waals surface area contributed by atoms with Gasteiger partial charge in [0.1, 0.15) is 10.9 Å². The Bertz CT molecular complexity index is 1010. The minimum absolute atomic E-state index is 0.174. The topological polar surface area (TPSA) is 90.4 Å². The number of nitrogens with zero attached hydrogens (tertiary/aromatic N) is 2. The number of halogens is 1. The summed E-state index contributed by atoms with van der Waals surface area (Å²) in [4.78, 5) is 33.0. The Morgan fingerprint density at radius 1 is 1.25 bits per heavy atom. The van der Waals surface area contributed by atoms with Gasteiger partial charge < -0.3 is 9.47 Å². The second-order valence-corrected chi connectivity index (χ2v) is 7.16. The Morgan fingerprint density at radius 3 is 2.79 bits per heavy atom. The molecule has 3 aromatic rings. The van der Waals surface area contributed by atoms with Crippen LogP contribution in [0, 0.1) is 0 Å². The van der Waals surface area contributed by atoms with Gasteiger partial charge in [-0.25, -0.2) is 14.8 Å². The lowest BCUT2D eigenvalue weighted by molar-refractivity contribution is -0.124. The van der Waals surface area contributed by atoms with Crippen molar-refractivity contribution in [3.05, 3.63) is 47.2 Å². The van der Waals surface area contributed by atoms with E-state index in [-0.39, 0.29) is 10.7 Å². The Kier molecular flexibility index (Phi) is 6.43. The zero-order valence-corrected chi connectivity index (χ0v) is 16.8. The molecule has 146 valence electrons. The van der Waals surface area contributed by atoms with E-state index in [1.54, 1.807) is 6.92 Å². The van der Waals surface area contributed by atoms with Crippen LogP contribution in [-0.4, -0.2) is 34.6 Å². The summed E-state index contributed by atoms with van der Waals surface area (Å²) < 4.78 is 11.7. The maximum Gasteiger partial charge on any atom is 0.339 e. The van der Waals surface area contributed by atoms with Crippen LogP contribution in [-0.2, 0) is 9.53 Å². The first kappa shape index (κ1) is 20.0. The molecule has 0 saturated heterocycles. The number of carbonyl (C=O) groups is 2. The summed E-state index contributed by atoms with van der Waals surface area (Å²) in [6.07, 6.45) is 0.762. The number of hydrogen-bond donors (Lipinski definition) is 1. The fourth-order valence-corrected chi connectivity index (χ4v) is 3.52. The standard InChI is InChI=1S/C19H18ClN3O4S/c1-3-14(27-18(25)11-7-8-21-16(20)9-11)17(24)23-19-22-13-6-5-12(26-4-2)10-15(13)28-19/h5-10,14H,3-4H2,1-2H3,(H,22,23,24). The normalized spacial score (nSPS) is 11.8. The van der Waals surface area contributed by atoms with E-state index >= 15 is 0 Å². The van der Waals surface area contributed by atoms with E-state index in [0.717, 1.165) is 16.0 Å². The molecule has 1 amide bonds. The van der Waals surface area contributed by atoms with Crippen molar-refractivity contribution in [1.82, 2.24) is 9.97 Å². The molecule has 0 spiro atoms. The van der Waals surface area contributed by atoms with E-state index in [9.17, 15) is 9.59 Å². The molecule has 0 saturated carbocycles. The lowest BCUT2D eigenvalue weighted by Gasteiger charge is -2.15. The number of fused-ring (bicyclic) bond motifs is 1. The van der Waals surface area contributed by atoms with Crippen LogP contribution >= 0.6 is 22.9 Å². The van der Waals surface area contributed by atoms with Gasteiger partial charge in [-0.15, -0.1) is 0 Å². The van der Waals surface area contributed by atoms with Crippen molar-refractivity contribution in [3.8, 4) is 5.75 Å². The van der Waals surface area contributed by atoms with Crippen molar-refractivity contribution in [3.63, 3.8) is 0 Å². The van der Waals surface area contributed by atoms with E-state index in [2.05, 4.69) is 15.3 Å². The highest BCUT2D eigenvalue weighted by atomic mass is 35.5. The van der Waals surface area contributed by atoms with Gasteiger partial charge in [0.15, 0.2) is 11.2 Å². The summed E-state index contributed by atoms with van der Waals surface area (Å²) >= 11 is 7.11. The smallest absolute Gasteiger partial charge is 0.339 e. The number of amides is 1. The monoisotopic (exact) mass is 419 g/mol. The Hall–Kier alpha value is -2.71. The molecule has 2 aromatic heterocycles. The van der Waals surface area contributed by atoms with Crippen LogP contribution in [0.25, 0.3) is 10.2 Å². The maximum absolute atomic E-state index is 12.5. The number of anilines is 1. The number of benzene rings is 1. The predicted octanol–water partition coefficient (Wildman–Crippen LogP) is 4.32. The summed E-state index contributed by atoms with van der Waals surface area (Å²) in [5, 5.41) is 3.31. The van der Waals surface area contributed by atoms with E-state index < -0.39 is 18.0 Å². The van der Waals surface area contributed by atoms with E-state index in [4.69, 9.17) is 21.1 Å². The number of carbonyl (C=O) groups excluding carboxylic acids is 2. The summed E-state index contributed by atoms with van der Waals surface area (Å²) in [6, 6.07) is 8.39. The lowest BCUT2D eigenvalue weighted by atomic mass is 10.2. The van der Waals surface area contributed by atoms with Gasteiger partial charge in [0.05, 0.1) is 22.4 Å². The van der Waals surface area contributed by atoms with Gasteiger partial charge >= 0.3 is 5.97 Å². The average molecular weight is 420 g/mol. The minimum Gasteiger partial charge on any atom is -0.494 e. The molecule has 0 aliphatic rings. The second kappa shape index (κ2) is 8.99. The molecule has 1 atom stereocenters. The maximum atomic E-state index is 12.5. The molecule has 7 nitrogen and oxygen atoms in total. The second-order valence-electron chi connectivity index (χ2n) is 5.74. The van der Waals surface area contributed by atoms with Gasteiger partial charge in [0, 0.05) is 6.20 Å². The summed E-state index contributed by atoms with van der Waals surface area (Å²) in [5.74, 6) is -0.343. The molecule has 9 heteroatoms. The molecular weight excluding hydrogens is 402 g/mol. The first-order valence-electron chi connectivity index (χ1n) is 8.67. The van der Waals surface area contributed by atoms with E-state index in [0.29, 0.717) is 18.2 Å². The van der Waals surface area contributed by atoms with E-state index in [1.807, 2.05) is 25.1 Å². The first-order valence-corrected chi connectivity index (χ1v) is 9.86. The van der Waals surface area contributed by atoms with Crippen LogP contribution in [0.2, 0.25) is 5.15 Å². The van der Waals surface area contributed by atoms with Crippen molar-refractivity contribution >= 4 is 50.2 Å². The largest absolute Gasteiger partial charge is 0.494 e. The molecule has 28 heavy (non-hydrogen) atoms. The molecule has 2 heterocycles. The van der Waals surface area contributed by atoms with Crippen molar-refractivity contribution in [1.29, 1.82) is 0 Å². The van der Waals surface area contributed by atoms with Crippen LogP contribution in [0.15, 0.2) is 36.5 Å². The fourth-order valence-electron chi connectivity index (χ4n) is 2.45. The number of thiazole rings is 1. The molecule has 0 fully saturated rings. The molecule has 0 aliphatic carbocycles. The number of esters is 1. The molecule has 1 N–H and O–H groups in total. The number of aromatic nitrogens is 2. The highest BCUT2D eigenvalue weighted by Gasteiger charge is 2.23. The quantitative estimate of drug-likeness (QED) is 0.453. The molecule has 0 bridgehead atoms. The van der Waals surface area contributed by atoms with Gasteiger partial charge in [-0.3, -0.25) is 10.1 Å². The van der Waals surface area contributed by atoms with Crippen molar-refractivity contribution < 1.29 is 19.1 Å². The zero-order chi connectivity index (χ0) is 20.1. The van der Waals surface area contributed by atoms with Crippen molar-refractivity contribution in [2.75, 3.05) is 11.9 Å². The molecule has 1 aromatic carbocycles. The van der Waals surface area contributed by atoms with Gasteiger partial charge in [0.25, 0.3) is 5.91 Å². The predicted molar refractivity (Wildman–Crippen MR) is 108 cm³/mol. The van der Waals surface area contributed by atoms with Crippen LogP contribution in [0.1, 0.15) is 30.6 Å². The van der Waals surface area contributed by atoms with E-state index in [1.165, 1.54) is 29.7 Å². The third-order valence-corrected chi connectivity index (χ3v) is 4.92. The van der Waals surface area contributed by atoms with Crippen LogP contribution in [0.3, 0.4) is 0 Å². The molecule has 0 radical (unpaired) electrons. The van der Waals surface area contributed by atoms with Gasteiger partial charge in [0.2, 0.25) is 0 Å². The summed E-state index contributed by atoms with van der Waals surface area (Å²) in [7, 11) is 0. The third kappa shape index (κ3) is 4.76. The van der Waals surface area contributed by atoms with Crippen molar-refractivity contribution in [2.24, 2.45) is 0 Å². The third-order valence-electron chi connectivity index (χ3n) is 3.78. The van der Waals surface area contributed by atoms with Gasteiger partial charge in [-0.1, -0.05) is 29.9 Å². The van der Waals surface area contributed by atoms with Crippen molar-refractivity contribution in [2.45, 2.75) is 26.4 Å². The van der Waals surface area contributed by atoms with Crippen LogP contribution < -0.4 is 10.1 Å². The molecule has 0 aliphatic heterocycles. The highest BCUT2D eigenvalue weighted by molar-refractivity contribution is 7.22. The zero-order valence-electron chi connectivity index (χ0n) is 15.3. The molecular formula is C19H18ClN3O4S. The minimum atomic E-state index is -0.953. The Labute approximate surface area is 170 Å². The van der Waals surface area contributed by atoms with Crippen LogP contribution in [0.4, 0.5) is 5.13 Å². The number of pyridine rings is 1. The lowest BCUT2D eigenvalue weighted by Crippen LogP contribution is -2.32. The molecule has 1 unspecified atom stereocenters. The fraction of sp³-hybridized carbons (Fsp3) is 0.263. The Morgan fingerprint density at radius 2 is 2.07 bits per heavy atom. The number of hydrogen-bond acceptors (Lipinski definition) is 7. The van der Waals surface area contributed by atoms with Crippen LogP contribution in [0.5, 0.6) is 5.75 Å². The summed E-state index contributed by atoms with van der Waals surface area (Å²) in [6.45, 7) is 4.23. The molecule has 3 rings (SSSR count). The Balaban J connectivity index is 1.69. The number of nitrogens with one attached hydrogen (secondary N) is 1. The van der Waals surface area contributed by atoms with Gasteiger partial charge in [-0.2, -0.15) is 0 Å². The average Bonchev–Trinajstić information content (AvgIpc) is 3.07. The SMILES string of the molecule is CCOc1ccc2nc(NC(=O)C(CC)OC(=O)c3ccnc(Cl)c3)sc2c1. The van der Waals surface area contributed by atoms with Gasteiger partial charge in [-0.05, 0) is 43.7 Å². The number of rotatable bonds is 7. The first-order chi connectivity index (χ1) is 13.5. The summed E-state index contributed by atoms with van der Waals surface area (Å²) in [5.41, 5.74) is 0.981. The highest BCUT2D eigenvalue weighted by Crippen LogP contribution is 2.29.